The van der Waals surface area contributed by atoms with E-state index in [4.69, 9.17) is 5.73 Å². The minimum Gasteiger partial charge on any atom is -0.322 e. The maximum atomic E-state index is 13.4. The van der Waals surface area contributed by atoms with Crippen LogP contribution in [0.25, 0.3) is 0 Å². The Morgan fingerprint density at radius 3 is 2.41 bits per heavy atom. The van der Waals surface area contributed by atoms with E-state index in [9.17, 15) is 13.6 Å². The van der Waals surface area contributed by atoms with Gasteiger partial charge in [-0.1, -0.05) is 13.8 Å². The summed E-state index contributed by atoms with van der Waals surface area (Å²) < 4.78 is 26.7. The van der Waals surface area contributed by atoms with E-state index >= 15 is 0 Å². The number of hydrogen-bond acceptors (Lipinski definition) is 2. The first-order valence-corrected chi connectivity index (χ1v) is 5.35. The second kappa shape index (κ2) is 5.23. The minimum atomic E-state index is -0.751. The largest absolute Gasteiger partial charge is 0.322 e. The molecule has 3 N–H and O–H groups in total. The van der Waals surface area contributed by atoms with Crippen molar-refractivity contribution in [1.29, 1.82) is 0 Å². The average Bonchev–Trinajstić information content (AvgIpc) is 2.24. The Hall–Kier alpha value is -1.49. The highest BCUT2D eigenvalue weighted by Gasteiger charge is 2.19. The van der Waals surface area contributed by atoms with Crippen LogP contribution in [0.2, 0.25) is 0 Å². The maximum Gasteiger partial charge on any atom is 0.241 e. The molecule has 0 aromatic heterocycles. The molecule has 0 aliphatic carbocycles. The molecule has 0 spiro atoms. The highest BCUT2D eigenvalue weighted by atomic mass is 19.1. The van der Waals surface area contributed by atoms with Crippen molar-refractivity contribution in [2.24, 2.45) is 11.7 Å². The van der Waals surface area contributed by atoms with Crippen molar-refractivity contribution in [3.8, 4) is 0 Å². The summed E-state index contributed by atoms with van der Waals surface area (Å²) in [5.41, 5.74) is 5.60. The van der Waals surface area contributed by atoms with Gasteiger partial charge in [-0.15, -0.1) is 0 Å². The molecule has 0 aliphatic rings. The zero-order valence-electron chi connectivity index (χ0n) is 10.1. The number of amides is 1. The van der Waals surface area contributed by atoms with Crippen molar-refractivity contribution >= 4 is 11.6 Å². The van der Waals surface area contributed by atoms with Crippen LogP contribution in [0.1, 0.15) is 19.4 Å². The summed E-state index contributed by atoms with van der Waals surface area (Å²) >= 11 is 0. The Kier molecular flexibility index (Phi) is 4.17. The van der Waals surface area contributed by atoms with Gasteiger partial charge < -0.3 is 11.1 Å². The van der Waals surface area contributed by atoms with Crippen LogP contribution < -0.4 is 11.1 Å². The molecule has 0 heterocycles. The highest BCUT2D eigenvalue weighted by molar-refractivity contribution is 5.94. The van der Waals surface area contributed by atoms with E-state index in [1.165, 1.54) is 6.92 Å². The van der Waals surface area contributed by atoms with Crippen LogP contribution in [0.4, 0.5) is 14.5 Å². The molecule has 5 heteroatoms. The van der Waals surface area contributed by atoms with Crippen molar-refractivity contribution < 1.29 is 13.6 Å². The summed E-state index contributed by atoms with van der Waals surface area (Å²) in [5, 5.41) is 2.28. The van der Waals surface area contributed by atoms with E-state index in [1.54, 1.807) is 13.8 Å². The number of nitrogens with one attached hydrogen (secondary N) is 1. The molecule has 1 atom stereocenters. The first kappa shape index (κ1) is 13.6. The fraction of sp³-hybridized carbons (Fsp3) is 0.417. The summed E-state index contributed by atoms with van der Waals surface area (Å²) in [6.07, 6.45) is 0. The zero-order chi connectivity index (χ0) is 13.2. The predicted molar refractivity (Wildman–Crippen MR) is 62.5 cm³/mol. The van der Waals surface area contributed by atoms with Gasteiger partial charge in [0.1, 0.15) is 11.6 Å². The lowest BCUT2D eigenvalue weighted by atomic mass is 10.0. The number of aryl methyl sites for hydroxylation is 1. The van der Waals surface area contributed by atoms with Crippen molar-refractivity contribution in [1.82, 2.24) is 0 Å². The van der Waals surface area contributed by atoms with Crippen molar-refractivity contribution in [2.45, 2.75) is 26.8 Å². The standard InChI is InChI=1S/C12H16F2N2O/c1-6(2)11(15)12(17)16-10-5-8(13)7(3)4-9(10)14/h4-6,11H,15H2,1-3H3,(H,16,17)/t11-/m0/s1. The van der Waals surface area contributed by atoms with Gasteiger partial charge in [-0.2, -0.15) is 0 Å². The summed E-state index contributed by atoms with van der Waals surface area (Å²) in [6, 6.07) is 1.24. The van der Waals surface area contributed by atoms with Crippen LogP contribution in [0.15, 0.2) is 12.1 Å². The van der Waals surface area contributed by atoms with Gasteiger partial charge in [0, 0.05) is 6.07 Å². The summed E-state index contributed by atoms with van der Waals surface area (Å²) in [7, 11) is 0. The third-order valence-electron chi connectivity index (χ3n) is 2.53. The number of hydrogen-bond donors (Lipinski definition) is 2. The van der Waals surface area contributed by atoms with Gasteiger partial charge in [0.15, 0.2) is 0 Å². The van der Waals surface area contributed by atoms with Crippen LogP contribution in [-0.2, 0) is 4.79 Å². The third-order valence-corrected chi connectivity index (χ3v) is 2.53. The molecule has 1 aromatic carbocycles. The number of carbonyl (C=O) groups excluding carboxylic acids is 1. The smallest absolute Gasteiger partial charge is 0.241 e. The van der Waals surface area contributed by atoms with Crippen LogP contribution >= 0.6 is 0 Å². The number of rotatable bonds is 3. The summed E-state index contributed by atoms with van der Waals surface area (Å²) in [5.74, 6) is -1.84. The molecular formula is C12H16F2N2O. The molecule has 0 saturated heterocycles. The third kappa shape index (κ3) is 3.23. The second-order valence-electron chi connectivity index (χ2n) is 4.34. The molecule has 1 rings (SSSR count). The molecule has 0 saturated carbocycles. The molecule has 1 amide bonds. The van der Waals surface area contributed by atoms with Crippen LogP contribution in [0, 0.1) is 24.5 Å². The Bertz CT molecular complexity index is 433. The van der Waals surface area contributed by atoms with E-state index < -0.39 is 23.6 Å². The van der Waals surface area contributed by atoms with E-state index in [0.717, 1.165) is 12.1 Å². The Morgan fingerprint density at radius 2 is 1.88 bits per heavy atom. The fourth-order valence-electron chi connectivity index (χ4n) is 1.26. The van der Waals surface area contributed by atoms with Gasteiger partial charge >= 0.3 is 0 Å². The topological polar surface area (TPSA) is 55.1 Å². The Labute approximate surface area is 99.0 Å². The van der Waals surface area contributed by atoms with Gasteiger partial charge in [-0.05, 0) is 24.5 Å². The molecule has 0 aliphatic heterocycles. The van der Waals surface area contributed by atoms with Crippen LogP contribution in [0.5, 0.6) is 0 Å². The van der Waals surface area contributed by atoms with Crippen molar-refractivity contribution in [2.75, 3.05) is 5.32 Å². The summed E-state index contributed by atoms with van der Waals surface area (Å²) in [4.78, 5) is 11.6. The molecular weight excluding hydrogens is 226 g/mol. The van der Waals surface area contributed by atoms with Crippen molar-refractivity contribution in [3.63, 3.8) is 0 Å². The molecule has 94 valence electrons. The number of halogens is 2. The lowest BCUT2D eigenvalue weighted by Crippen LogP contribution is -2.39. The van der Waals surface area contributed by atoms with Gasteiger partial charge in [0.05, 0.1) is 11.7 Å². The minimum absolute atomic E-state index is 0.0756. The first-order valence-electron chi connectivity index (χ1n) is 5.35. The number of carbonyl (C=O) groups is 1. The monoisotopic (exact) mass is 242 g/mol. The fourth-order valence-corrected chi connectivity index (χ4v) is 1.26. The number of anilines is 1. The molecule has 0 radical (unpaired) electrons. The molecule has 17 heavy (non-hydrogen) atoms. The van der Waals surface area contributed by atoms with E-state index in [-0.39, 0.29) is 17.2 Å². The maximum absolute atomic E-state index is 13.4. The SMILES string of the molecule is Cc1cc(F)c(NC(=O)[C@@H](N)C(C)C)cc1F. The van der Waals surface area contributed by atoms with Gasteiger partial charge in [-0.25, -0.2) is 8.78 Å². The van der Waals surface area contributed by atoms with Crippen LogP contribution in [0.3, 0.4) is 0 Å². The van der Waals surface area contributed by atoms with Gasteiger partial charge in [0.25, 0.3) is 0 Å². The lowest BCUT2D eigenvalue weighted by Gasteiger charge is -2.15. The highest BCUT2D eigenvalue weighted by Crippen LogP contribution is 2.19. The molecule has 3 nitrogen and oxygen atoms in total. The average molecular weight is 242 g/mol. The summed E-state index contributed by atoms with van der Waals surface area (Å²) in [6.45, 7) is 5.00. The molecule has 1 aromatic rings. The van der Waals surface area contributed by atoms with Crippen LogP contribution in [-0.4, -0.2) is 11.9 Å². The van der Waals surface area contributed by atoms with Gasteiger partial charge in [0.2, 0.25) is 5.91 Å². The Morgan fingerprint density at radius 1 is 1.29 bits per heavy atom. The van der Waals surface area contributed by atoms with E-state index in [1.807, 2.05) is 0 Å². The number of benzene rings is 1. The zero-order valence-corrected chi connectivity index (χ0v) is 10.1. The normalized spacial score (nSPS) is 12.6. The van der Waals surface area contributed by atoms with E-state index in [0.29, 0.717) is 0 Å². The van der Waals surface area contributed by atoms with Crippen molar-refractivity contribution in [3.05, 3.63) is 29.3 Å². The number of nitrogens with two attached hydrogens (primary N) is 1. The lowest BCUT2D eigenvalue weighted by molar-refractivity contribution is -0.118. The van der Waals surface area contributed by atoms with Gasteiger partial charge in [-0.3, -0.25) is 4.79 Å². The predicted octanol–water partition coefficient (Wildman–Crippen LogP) is 2.20. The first-order chi connectivity index (χ1) is 7.82. The Balaban J connectivity index is 2.89. The van der Waals surface area contributed by atoms with E-state index in [2.05, 4.69) is 5.32 Å². The molecule has 0 fully saturated rings. The molecule has 0 unspecified atom stereocenters. The molecule has 0 bridgehead atoms. The quantitative estimate of drug-likeness (QED) is 0.853. The second-order valence-corrected chi connectivity index (χ2v) is 4.34.